The smallest absolute Gasteiger partial charge is 0.225 e. The first kappa shape index (κ1) is 18.3. The minimum absolute atomic E-state index is 0. The second-order valence-electron chi connectivity index (χ2n) is 5.76. The fourth-order valence-electron chi connectivity index (χ4n) is 2.78. The van der Waals surface area contributed by atoms with Gasteiger partial charge in [0.2, 0.25) is 5.91 Å². The number of guanidine groups is 1. The van der Waals surface area contributed by atoms with Crippen molar-refractivity contribution in [1.29, 1.82) is 0 Å². The number of hydrogen-bond donors (Lipinski definition) is 3. The molecule has 0 bridgehead atoms. The Morgan fingerprint density at radius 1 is 1.29 bits per heavy atom. The first-order valence-electron chi connectivity index (χ1n) is 7.64. The fourth-order valence-corrected chi connectivity index (χ4v) is 2.78. The number of nitrogens with zero attached hydrogens (tertiary/aromatic N) is 1. The molecule has 1 amide bonds. The van der Waals surface area contributed by atoms with Gasteiger partial charge in [-0.15, -0.1) is 24.0 Å². The third kappa shape index (κ3) is 4.47. The highest BCUT2D eigenvalue weighted by Crippen LogP contribution is 2.31. The summed E-state index contributed by atoms with van der Waals surface area (Å²) in [5, 5.41) is 5.97. The van der Waals surface area contributed by atoms with Crippen LogP contribution in [0.1, 0.15) is 23.5 Å². The Morgan fingerprint density at radius 3 is 2.88 bits per heavy atom. The van der Waals surface area contributed by atoms with E-state index in [2.05, 4.69) is 15.6 Å². The molecule has 2 aromatic carbocycles. The molecule has 126 valence electrons. The lowest BCUT2D eigenvalue weighted by Gasteiger charge is -2.24. The monoisotopic (exact) mass is 436 g/mol. The summed E-state index contributed by atoms with van der Waals surface area (Å²) in [6.45, 7) is 2.51. The Morgan fingerprint density at radius 2 is 2.08 bits per heavy atom. The van der Waals surface area contributed by atoms with E-state index in [1.165, 1.54) is 0 Å². The van der Waals surface area contributed by atoms with Gasteiger partial charge in [0.1, 0.15) is 0 Å². The minimum Gasteiger partial charge on any atom is -0.370 e. The zero-order valence-corrected chi connectivity index (χ0v) is 15.8. The minimum atomic E-state index is 0. The molecule has 0 radical (unpaired) electrons. The highest BCUT2D eigenvalue weighted by atomic mass is 127. The van der Waals surface area contributed by atoms with Crippen molar-refractivity contribution in [2.45, 2.75) is 19.3 Å². The number of benzene rings is 2. The number of rotatable bonds is 3. The van der Waals surface area contributed by atoms with Gasteiger partial charge in [0.05, 0.1) is 6.54 Å². The summed E-state index contributed by atoms with van der Waals surface area (Å²) < 4.78 is 0. The predicted octanol–water partition coefficient (Wildman–Crippen LogP) is 3.47. The highest BCUT2D eigenvalue weighted by molar-refractivity contribution is 14.0. The maximum atomic E-state index is 11.8. The number of fused-ring (bicyclic) bond motifs is 1. The van der Waals surface area contributed by atoms with E-state index in [0.717, 1.165) is 22.5 Å². The quantitative estimate of drug-likeness (QED) is 0.392. The van der Waals surface area contributed by atoms with Crippen molar-refractivity contribution in [1.82, 2.24) is 0 Å². The van der Waals surface area contributed by atoms with Crippen molar-refractivity contribution in [3.63, 3.8) is 0 Å². The predicted molar refractivity (Wildman–Crippen MR) is 109 cm³/mol. The van der Waals surface area contributed by atoms with Gasteiger partial charge in [-0.2, -0.15) is 0 Å². The molecule has 6 heteroatoms. The molecule has 1 aliphatic heterocycles. The van der Waals surface area contributed by atoms with Gasteiger partial charge in [-0.3, -0.25) is 9.79 Å². The Bertz CT molecular complexity index is 760. The number of anilines is 2. The second kappa shape index (κ2) is 8.14. The molecule has 0 aliphatic carbocycles. The number of para-hydroxylation sites is 1. The van der Waals surface area contributed by atoms with Crippen LogP contribution in [0.4, 0.5) is 11.4 Å². The summed E-state index contributed by atoms with van der Waals surface area (Å²) in [4.78, 5) is 16.2. The number of carbonyl (C=O) groups excluding carboxylic acids is 1. The fraction of sp³-hybridized carbons (Fsp3) is 0.222. The van der Waals surface area contributed by atoms with Gasteiger partial charge in [-0.1, -0.05) is 30.3 Å². The number of aryl methyl sites for hydroxylation is 1. The second-order valence-corrected chi connectivity index (χ2v) is 5.76. The normalized spacial score (nSPS) is 16.6. The van der Waals surface area contributed by atoms with Crippen LogP contribution in [-0.2, 0) is 4.79 Å². The molecule has 1 aliphatic rings. The van der Waals surface area contributed by atoms with Gasteiger partial charge in [-0.05, 0) is 36.2 Å². The summed E-state index contributed by atoms with van der Waals surface area (Å²) in [5.41, 5.74) is 10.0. The summed E-state index contributed by atoms with van der Waals surface area (Å²) in [6, 6.07) is 15.8. The van der Waals surface area contributed by atoms with Crippen molar-refractivity contribution in [2.24, 2.45) is 10.7 Å². The van der Waals surface area contributed by atoms with Crippen LogP contribution < -0.4 is 16.4 Å². The van der Waals surface area contributed by atoms with Gasteiger partial charge in [0.15, 0.2) is 5.96 Å². The van der Waals surface area contributed by atoms with E-state index in [9.17, 15) is 4.79 Å². The molecule has 0 saturated heterocycles. The van der Waals surface area contributed by atoms with E-state index in [-0.39, 0.29) is 35.8 Å². The lowest BCUT2D eigenvalue weighted by atomic mass is 9.91. The molecule has 24 heavy (non-hydrogen) atoms. The van der Waals surface area contributed by atoms with Crippen molar-refractivity contribution >= 4 is 47.2 Å². The van der Waals surface area contributed by atoms with Crippen molar-refractivity contribution in [3.8, 4) is 0 Å². The Hall–Kier alpha value is -2.09. The maximum Gasteiger partial charge on any atom is 0.225 e. The van der Waals surface area contributed by atoms with Gasteiger partial charge >= 0.3 is 0 Å². The molecular weight excluding hydrogens is 415 g/mol. The molecule has 5 nitrogen and oxygen atoms in total. The van der Waals surface area contributed by atoms with Gasteiger partial charge in [0, 0.05) is 23.7 Å². The van der Waals surface area contributed by atoms with E-state index in [4.69, 9.17) is 5.73 Å². The number of carbonyl (C=O) groups is 1. The van der Waals surface area contributed by atoms with E-state index in [1.807, 2.05) is 55.5 Å². The van der Waals surface area contributed by atoms with Crippen LogP contribution in [0, 0.1) is 6.92 Å². The average Bonchev–Trinajstić information content (AvgIpc) is 2.52. The first-order chi connectivity index (χ1) is 11.1. The summed E-state index contributed by atoms with van der Waals surface area (Å²) in [7, 11) is 0. The molecule has 0 saturated carbocycles. The standard InChI is InChI=1S/C18H20N4O.HI/c1-12-5-4-6-14(9-12)21-18(19)20-11-13-10-17(23)22-16-8-3-2-7-15(13)16;/h2-9,13H,10-11H2,1H3,(H,22,23)(H3,19,20,21);1H. The van der Waals surface area contributed by atoms with Crippen molar-refractivity contribution in [2.75, 3.05) is 17.2 Å². The first-order valence-corrected chi connectivity index (χ1v) is 7.64. The summed E-state index contributed by atoms with van der Waals surface area (Å²) >= 11 is 0. The van der Waals surface area contributed by atoms with E-state index in [0.29, 0.717) is 18.9 Å². The molecule has 0 spiro atoms. The summed E-state index contributed by atoms with van der Waals surface area (Å²) in [6.07, 6.45) is 0.429. The van der Waals surface area contributed by atoms with Crippen molar-refractivity contribution < 1.29 is 4.79 Å². The van der Waals surface area contributed by atoms with Gasteiger partial charge in [0.25, 0.3) is 0 Å². The molecule has 0 fully saturated rings. The zero-order valence-electron chi connectivity index (χ0n) is 13.5. The van der Waals surface area contributed by atoms with Crippen LogP contribution in [0.2, 0.25) is 0 Å². The number of nitrogens with two attached hydrogens (primary N) is 1. The van der Waals surface area contributed by atoms with Crippen LogP contribution in [-0.4, -0.2) is 18.4 Å². The molecule has 4 N–H and O–H groups in total. The molecular formula is C18H21IN4O. The Balaban J connectivity index is 0.00000208. The largest absolute Gasteiger partial charge is 0.370 e. The highest BCUT2D eigenvalue weighted by Gasteiger charge is 2.24. The molecule has 3 rings (SSSR count). The number of aliphatic imine (C=N–C) groups is 1. The van der Waals surface area contributed by atoms with Crippen LogP contribution in [0.3, 0.4) is 0 Å². The topological polar surface area (TPSA) is 79.5 Å². The molecule has 1 heterocycles. The van der Waals surface area contributed by atoms with Gasteiger partial charge < -0.3 is 16.4 Å². The van der Waals surface area contributed by atoms with Crippen molar-refractivity contribution in [3.05, 3.63) is 59.7 Å². The van der Waals surface area contributed by atoms with Crippen LogP contribution >= 0.6 is 24.0 Å². The van der Waals surface area contributed by atoms with E-state index in [1.54, 1.807) is 0 Å². The number of hydrogen-bond acceptors (Lipinski definition) is 2. The summed E-state index contributed by atoms with van der Waals surface area (Å²) in [5.74, 6) is 0.436. The maximum absolute atomic E-state index is 11.8. The van der Waals surface area contributed by atoms with E-state index >= 15 is 0 Å². The third-order valence-corrected chi connectivity index (χ3v) is 3.88. The number of halogens is 1. The number of nitrogens with one attached hydrogen (secondary N) is 2. The van der Waals surface area contributed by atoms with Crippen LogP contribution in [0.15, 0.2) is 53.5 Å². The van der Waals surface area contributed by atoms with Crippen LogP contribution in [0.5, 0.6) is 0 Å². The molecule has 1 atom stereocenters. The van der Waals surface area contributed by atoms with Gasteiger partial charge in [-0.25, -0.2) is 0 Å². The Labute approximate surface area is 158 Å². The SMILES string of the molecule is Cc1cccc(NC(N)=NCC2CC(=O)Nc3ccccc32)c1.I. The van der Waals surface area contributed by atoms with Crippen LogP contribution in [0.25, 0.3) is 0 Å². The third-order valence-electron chi connectivity index (χ3n) is 3.88. The number of amides is 1. The lowest BCUT2D eigenvalue weighted by Crippen LogP contribution is -2.27. The molecule has 2 aromatic rings. The average molecular weight is 436 g/mol. The lowest BCUT2D eigenvalue weighted by molar-refractivity contribution is -0.116. The molecule has 0 aromatic heterocycles. The van der Waals surface area contributed by atoms with E-state index < -0.39 is 0 Å². The molecule has 1 unspecified atom stereocenters. The zero-order chi connectivity index (χ0) is 16.2. The Kier molecular flexibility index (Phi) is 6.19.